The molecule has 2 heterocycles. The van der Waals surface area contributed by atoms with Crippen LogP contribution in [0.15, 0.2) is 48.7 Å². The van der Waals surface area contributed by atoms with E-state index in [1.165, 1.54) is 12.1 Å². The first-order valence-electron chi connectivity index (χ1n) is 7.32. The predicted molar refractivity (Wildman–Crippen MR) is 79.2 cm³/mol. The van der Waals surface area contributed by atoms with Crippen LogP contribution in [0.4, 0.5) is 4.39 Å². The molecule has 0 unspecified atom stereocenters. The zero-order valence-corrected chi connectivity index (χ0v) is 11.8. The molecular weight excluding hydrogens is 267 g/mol. The summed E-state index contributed by atoms with van der Waals surface area (Å²) in [5.74, 6) is -0.230. The Bertz CT molecular complexity index is 581. The molecule has 1 atom stereocenters. The first-order chi connectivity index (χ1) is 10.2. The lowest BCUT2D eigenvalue weighted by Crippen LogP contribution is -2.43. The average molecular weight is 286 g/mol. The number of nitrogens with zero attached hydrogens (tertiary/aromatic N) is 1. The molecule has 3 rings (SSSR count). The van der Waals surface area contributed by atoms with Crippen LogP contribution in [0, 0.1) is 11.7 Å². The highest BCUT2D eigenvalue weighted by molar-refractivity contribution is 5.33. The van der Waals surface area contributed by atoms with Crippen molar-refractivity contribution in [2.45, 2.75) is 18.4 Å². The van der Waals surface area contributed by atoms with Crippen LogP contribution in [0.2, 0.25) is 0 Å². The molecular formula is C17H19FN2O. The molecule has 1 aromatic carbocycles. The van der Waals surface area contributed by atoms with Crippen LogP contribution >= 0.6 is 0 Å². The van der Waals surface area contributed by atoms with E-state index in [1.54, 1.807) is 18.3 Å². The van der Waals surface area contributed by atoms with E-state index in [0.29, 0.717) is 11.3 Å². The van der Waals surface area contributed by atoms with Gasteiger partial charge in [0.25, 0.3) is 0 Å². The third kappa shape index (κ3) is 2.69. The second-order valence-electron chi connectivity index (χ2n) is 5.51. The van der Waals surface area contributed by atoms with Crippen molar-refractivity contribution in [3.8, 4) is 0 Å². The largest absolute Gasteiger partial charge is 0.378 e. The maximum Gasteiger partial charge on any atom is 0.134 e. The monoisotopic (exact) mass is 286 g/mol. The molecule has 0 bridgehead atoms. The lowest BCUT2D eigenvalue weighted by Gasteiger charge is -2.38. The van der Waals surface area contributed by atoms with Gasteiger partial charge in [0.05, 0.1) is 5.69 Å². The highest BCUT2D eigenvalue weighted by Gasteiger charge is 2.41. The number of nitrogens with one attached hydrogen (secondary N) is 1. The van der Waals surface area contributed by atoms with E-state index in [-0.39, 0.29) is 11.7 Å². The third-order valence-corrected chi connectivity index (χ3v) is 4.27. The number of hydrogen-bond acceptors (Lipinski definition) is 3. The minimum absolute atomic E-state index is 0.0686. The molecule has 1 aromatic heterocycles. The van der Waals surface area contributed by atoms with Crippen molar-refractivity contribution >= 4 is 0 Å². The first kappa shape index (κ1) is 14.2. The van der Waals surface area contributed by atoms with Crippen molar-refractivity contribution < 1.29 is 9.50 Å². The summed E-state index contributed by atoms with van der Waals surface area (Å²) in [6.07, 6.45) is 3.42. The molecule has 0 saturated carbocycles. The number of aliphatic hydroxyl groups is 1. The van der Waals surface area contributed by atoms with Crippen LogP contribution < -0.4 is 5.32 Å². The Kier molecular flexibility index (Phi) is 3.99. The number of piperidine rings is 1. The summed E-state index contributed by atoms with van der Waals surface area (Å²) in [6, 6.07) is 11.6. The fourth-order valence-electron chi connectivity index (χ4n) is 3.12. The molecule has 2 N–H and O–H groups in total. The van der Waals surface area contributed by atoms with Crippen molar-refractivity contribution in [2.75, 3.05) is 13.1 Å². The molecule has 0 amide bonds. The summed E-state index contributed by atoms with van der Waals surface area (Å²) < 4.78 is 13.2. The topological polar surface area (TPSA) is 45.2 Å². The number of aromatic nitrogens is 1. The van der Waals surface area contributed by atoms with Crippen LogP contribution in [0.3, 0.4) is 0 Å². The summed E-state index contributed by atoms with van der Waals surface area (Å²) in [5, 5.41) is 14.8. The smallest absolute Gasteiger partial charge is 0.134 e. The highest BCUT2D eigenvalue weighted by Crippen LogP contribution is 2.40. The van der Waals surface area contributed by atoms with Gasteiger partial charge in [-0.1, -0.05) is 18.2 Å². The number of pyridine rings is 1. The maximum atomic E-state index is 13.2. The van der Waals surface area contributed by atoms with Gasteiger partial charge < -0.3 is 10.4 Å². The zero-order chi connectivity index (χ0) is 14.7. The predicted octanol–water partition coefficient (Wildman–Crippen LogP) is 2.46. The van der Waals surface area contributed by atoms with Gasteiger partial charge in [0.1, 0.15) is 11.4 Å². The minimum atomic E-state index is -1.17. The van der Waals surface area contributed by atoms with Gasteiger partial charge in [0, 0.05) is 12.1 Å². The van der Waals surface area contributed by atoms with E-state index in [2.05, 4.69) is 10.3 Å². The Morgan fingerprint density at radius 1 is 1.10 bits per heavy atom. The maximum absolute atomic E-state index is 13.2. The Hall–Kier alpha value is -1.78. The van der Waals surface area contributed by atoms with Gasteiger partial charge in [0.2, 0.25) is 0 Å². The van der Waals surface area contributed by atoms with Crippen LogP contribution in [0.5, 0.6) is 0 Å². The van der Waals surface area contributed by atoms with E-state index < -0.39 is 5.60 Å². The van der Waals surface area contributed by atoms with Crippen molar-refractivity contribution in [1.82, 2.24) is 10.3 Å². The SMILES string of the molecule is O[C@](c1ccc(F)cc1)(c1ccccn1)C1CCNCC1. The van der Waals surface area contributed by atoms with Gasteiger partial charge in [-0.15, -0.1) is 0 Å². The second kappa shape index (κ2) is 5.92. The summed E-state index contributed by atoms with van der Waals surface area (Å²) in [6.45, 7) is 1.75. The number of halogens is 1. The Balaban J connectivity index is 2.07. The molecule has 1 aliphatic rings. The van der Waals surface area contributed by atoms with Gasteiger partial charge in [-0.25, -0.2) is 4.39 Å². The van der Waals surface area contributed by atoms with Gasteiger partial charge in [-0.2, -0.15) is 0 Å². The van der Waals surface area contributed by atoms with Gasteiger partial charge >= 0.3 is 0 Å². The fraction of sp³-hybridized carbons (Fsp3) is 0.353. The molecule has 0 radical (unpaired) electrons. The van der Waals surface area contributed by atoms with Crippen molar-refractivity contribution in [2.24, 2.45) is 5.92 Å². The van der Waals surface area contributed by atoms with Crippen molar-refractivity contribution in [1.29, 1.82) is 0 Å². The third-order valence-electron chi connectivity index (χ3n) is 4.27. The molecule has 3 nitrogen and oxygen atoms in total. The lowest BCUT2D eigenvalue weighted by atomic mass is 9.74. The fourth-order valence-corrected chi connectivity index (χ4v) is 3.12. The lowest BCUT2D eigenvalue weighted by molar-refractivity contribution is -0.00146. The molecule has 0 aliphatic carbocycles. The number of rotatable bonds is 3. The molecule has 4 heteroatoms. The van der Waals surface area contributed by atoms with Crippen LogP contribution in [0.25, 0.3) is 0 Å². The molecule has 1 aliphatic heterocycles. The first-order valence-corrected chi connectivity index (χ1v) is 7.32. The summed E-state index contributed by atoms with van der Waals surface area (Å²) in [4.78, 5) is 4.36. The molecule has 21 heavy (non-hydrogen) atoms. The van der Waals surface area contributed by atoms with Gasteiger partial charge in [0.15, 0.2) is 0 Å². The van der Waals surface area contributed by atoms with Crippen LogP contribution in [-0.4, -0.2) is 23.2 Å². The average Bonchev–Trinajstić information content (AvgIpc) is 2.56. The normalized spacial score (nSPS) is 19.1. The van der Waals surface area contributed by atoms with Crippen LogP contribution in [-0.2, 0) is 5.60 Å². The van der Waals surface area contributed by atoms with Crippen molar-refractivity contribution in [3.63, 3.8) is 0 Å². The highest BCUT2D eigenvalue weighted by atomic mass is 19.1. The number of hydrogen-bond donors (Lipinski definition) is 2. The molecule has 110 valence electrons. The van der Waals surface area contributed by atoms with E-state index in [9.17, 15) is 9.50 Å². The number of benzene rings is 1. The Morgan fingerprint density at radius 2 is 1.81 bits per heavy atom. The Morgan fingerprint density at radius 3 is 2.43 bits per heavy atom. The molecule has 0 spiro atoms. The quantitative estimate of drug-likeness (QED) is 0.911. The molecule has 1 saturated heterocycles. The van der Waals surface area contributed by atoms with Gasteiger partial charge in [-0.3, -0.25) is 4.98 Å². The van der Waals surface area contributed by atoms with Crippen LogP contribution in [0.1, 0.15) is 24.1 Å². The van der Waals surface area contributed by atoms with E-state index in [0.717, 1.165) is 25.9 Å². The summed E-state index contributed by atoms with van der Waals surface area (Å²) in [7, 11) is 0. The summed E-state index contributed by atoms with van der Waals surface area (Å²) >= 11 is 0. The van der Waals surface area contributed by atoms with E-state index in [4.69, 9.17) is 0 Å². The standard InChI is InChI=1S/C17H19FN2O/c18-15-6-4-13(5-7-15)17(21,14-8-11-19-12-9-14)16-3-1-2-10-20-16/h1-7,10,14,19,21H,8-9,11-12H2/t17-/m0/s1. The van der Waals surface area contributed by atoms with E-state index in [1.807, 2.05) is 18.2 Å². The minimum Gasteiger partial charge on any atom is -0.378 e. The Labute approximate surface area is 123 Å². The van der Waals surface area contributed by atoms with Crippen molar-refractivity contribution in [3.05, 3.63) is 65.7 Å². The summed E-state index contributed by atoms with van der Waals surface area (Å²) in [5.41, 5.74) is 0.162. The van der Waals surface area contributed by atoms with E-state index >= 15 is 0 Å². The van der Waals surface area contributed by atoms with Gasteiger partial charge in [-0.05, 0) is 55.8 Å². The molecule has 1 fully saturated rings. The second-order valence-corrected chi connectivity index (χ2v) is 5.51. The molecule has 2 aromatic rings. The zero-order valence-electron chi connectivity index (χ0n) is 11.8.